The van der Waals surface area contributed by atoms with Crippen LogP contribution < -0.4 is 0 Å². The van der Waals surface area contributed by atoms with Gasteiger partial charge in [0.2, 0.25) is 0 Å². The van der Waals surface area contributed by atoms with Crippen LogP contribution in [0.25, 0.3) is 6.08 Å². The summed E-state index contributed by atoms with van der Waals surface area (Å²) in [4.78, 5) is 15.3. The molecule has 0 saturated carbocycles. The van der Waals surface area contributed by atoms with Gasteiger partial charge in [-0.2, -0.15) is 0 Å². The predicted octanol–water partition coefficient (Wildman–Crippen LogP) is 3.19. The number of aliphatic carboxylic acids is 1. The zero-order valence-corrected chi connectivity index (χ0v) is 10.3. The molecular formula is C16H13NO2. The van der Waals surface area contributed by atoms with Crippen LogP contribution in [0.15, 0.2) is 58.3 Å². The van der Waals surface area contributed by atoms with E-state index in [0.29, 0.717) is 6.42 Å². The van der Waals surface area contributed by atoms with Gasteiger partial charge in [-0.1, -0.05) is 35.9 Å². The molecular weight excluding hydrogens is 238 g/mol. The second kappa shape index (κ2) is 4.69. The maximum Gasteiger partial charge on any atom is 0.307 e. The van der Waals surface area contributed by atoms with E-state index in [0.717, 1.165) is 28.0 Å². The summed E-state index contributed by atoms with van der Waals surface area (Å²) >= 11 is 0. The molecule has 0 amide bonds. The standard InChI is InChI=1S/C16H13NO2/c18-16(19)8-11-5-6-15-14(7-11)9-12-3-1-2-4-13(12)10-17-15/h1-6,9-10H,7-8H2,(H,18,19). The van der Waals surface area contributed by atoms with E-state index in [1.165, 1.54) is 0 Å². The summed E-state index contributed by atoms with van der Waals surface area (Å²) in [6, 6.07) is 8.06. The highest BCUT2D eigenvalue weighted by Crippen LogP contribution is 2.31. The second-order valence-electron chi connectivity index (χ2n) is 4.68. The Balaban J connectivity index is 1.99. The minimum Gasteiger partial charge on any atom is -0.481 e. The van der Waals surface area contributed by atoms with Gasteiger partial charge >= 0.3 is 5.97 Å². The topological polar surface area (TPSA) is 49.7 Å². The number of hydrogen-bond donors (Lipinski definition) is 1. The summed E-state index contributed by atoms with van der Waals surface area (Å²) in [6.45, 7) is 0. The van der Waals surface area contributed by atoms with E-state index in [9.17, 15) is 4.79 Å². The van der Waals surface area contributed by atoms with Crippen LogP contribution in [0.4, 0.5) is 0 Å². The average Bonchev–Trinajstić information content (AvgIpc) is 2.56. The van der Waals surface area contributed by atoms with Crippen molar-refractivity contribution in [3.05, 3.63) is 64.4 Å². The van der Waals surface area contributed by atoms with Crippen LogP contribution in [-0.4, -0.2) is 17.3 Å². The Hall–Kier alpha value is -2.42. The highest BCUT2D eigenvalue weighted by Gasteiger charge is 2.16. The fourth-order valence-electron chi connectivity index (χ4n) is 2.35. The number of nitrogens with zero attached hydrogens (tertiary/aromatic N) is 1. The van der Waals surface area contributed by atoms with Crippen LogP contribution >= 0.6 is 0 Å². The van der Waals surface area contributed by atoms with Crippen LogP contribution in [0.3, 0.4) is 0 Å². The third-order valence-electron chi connectivity index (χ3n) is 3.27. The first-order valence-electron chi connectivity index (χ1n) is 6.18. The fraction of sp³-hybridized carbons (Fsp3) is 0.125. The molecule has 0 aromatic heterocycles. The minimum atomic E-state index is -0.791. The SMILES string of the molecule is O=C(O)CC1=CC=C2N=Cc3ccccc3C=C2C1. The number of benzene rings is 1. The molecule has 0 bridgehead atoms. The van der Waals surface area contributed by atoms with Gasteiger partial charge in [-0.05, 0) is 35.3 Å². The molecule has 1 aromatic carbocycles. The summed E-state index contributed by atoms with van der Waals surface area (Å²) in [6.07, 6.45) is 8.48. The minimum absolute atomic E-state index is 0.0898. The summed E-state index contributed by atoms with van der Waals surface area (Å²) in [5, 5.41) is 8.86. The fourth-order valence-corrected chi connectivity index (χ4v) is 2.35. The summed E-state index contributed by atoms with van der Waals surface area (Å²) in [5.74, 6) is -0.791. The van der Waals surface area contributed by atoms with Gasteiger partial charge < -0.3 is 5.11 Å². The van der Waals surface area contributed by atoms with E-state index in [1.807, 2.05) is 42.6 Å². The Morgan fingerprint density at radius 3 is 2.79 bits per heavy atom. The molecule has 2 aliphatic rings. The van der Waals surface area contributed by atoms with Crippen molar-refractivity contribution in [2.24, 2.45) is 4.99 Å². The smallest absolute Gasteiger partial charge is 0.307 e. The van der Waals surface area contributed by atoms with E-state index in [2.05, 4.69) is 11.1 Å². The van der Waals surface area contributed by atoms with Crippen molar-refractivity contribution in [1.82, 2.24) is 0 Å². The zero-order valence-electron chi connectivity index (χ0n) is 10.3. The highest BCUT2D eigenvalue weighted by atomic mass is 16.4. The van der Waals surface area contributed by atoms with Gasteiger partial charge in [0.1, 0.15) is 0 Å². The normalized spacial score (nSPS) is 16.5. The lowest BCUT2D eigenvalue weighted by Crippen LogP contribution is -2.02. The van der Waals surface area contributed by atoms with Gasteiger partial charge in [-0.15, -0.1) is 0 Å². The molecule has 1 aromatic rings. The molecule has 0 spiro atoms. The lowest BCUT2D eigenvalue weighted by atomic mass is 9.93. The quantitative estimate of drug-likeness (QED) is 0.877. The van der Waals surface area contributed by atoms with Crippen LogP contribution in [0.1, 0.15) is 24.0 Å². The number of carbonyl (C=O) groups is 1. The lowest BCUT2D eigenvalue weighted by molar-refractivity contribution is -0.136. The number of aliphatic imine (C=N–C) groups is 1. The molecule has 1 heterocycles. The highest BCUT2D eigenvalue weighted by molar-refractivity contribution is 5.89. The van der Waals surface area contributed by atoms with E-state index in [-0.39, 0.29) is 6.42 Å². The molecule has 1 aliphatic carbocycles. The predicted molar refractivity (Wildman–Crippen MR) is 75.0 cm³/mol. The Kier molecular flexibility index (Phi) is 2.88. The molecule has 3 rings (SSSR count). The van der Waals surface area contributed by atoms with Crippen LogP contribution in [-0.2, 0) is 4.79 Å². The van der Waals surface area contributed by atoms with Gasteiger partial charge in [0, 0.05) is 6.21 Å². The average molecular weight is 251 g/mol. The largest absolute Gasteiger partial charge is 0.481 e. The number of allylic oxidation sites excluding steroid dienone is 3. The molecule has 0 atom stereocenters. The first-order chi connectivity index (χ1) is 9.22. The van der Waals surface area contributed by atoms with Crippen LogP contribution in [0, 0.1) is 0 Å². The van der Waals surface area contributed by atoms with Crippen LogP contribution in [0.2, 0.25) is 0 Å². The van der Waals surface area contributed by atoms with E-state index < -0.39 is 5.97 Å². The molecule has 0 fully saturated rings. The Morgan fingerprint density at radius 2 is 2.00 bits per heavy atom. The number of carboxylic acid groups (broad SMARTS) is 1. The third kappa shape index (κ3) is 2.40. The number of hydrogen-bond acceptors (Lipinski definition) is 2. The third-order valence-corrected chi connectivity index (χ3v) is 3.27. The van der Waals surface area contributed by atoms with Crippen molar-refractivity contribution in [2.75, 3.05) is 0 Å². The molecule has 94 valence electrons. The van der Waals surface area contributed by atoms with E-state index in [4.69, 9.17) is 5.11 Å². The molecule has 3 heteroatoms. The molecule has 0 radical (unpaired) electrons. The monoisotopic (exact) mass is 251 g/mol. The molecule has 0 unspecified atom stereocenters. The molecule has 1 N–H and O–H groups in total. The molecule has 19 heavy (non-hydrogen) atoms. The summed E-state index contributed by atoms with van der Waals surface area (Å²) in [5.41, 5.74) is 5.13. The van der Waals surface area contributed by atoms with Crippen LogP contribution in [0.5, 0.6) is 0 Å². The van der Waals surface area contributed by atoms with Gasteiger partial charge in [0.05, 0.1) is 12.1 Å². The zero-order chi connectivity index (χ0) is 13.2. The lowest BCUT2D eigenvalue weighted by Gasteiger charge is -2.13. The van der Waals surface area contributed by atoms with E-state index in [1.54, 1.807) is 0 Å². The number of rotatable bonds is 2. The number of carboxylic acids is 1. The maximum atomic E-state index is 10.8. The number of fused-ring (bicyclic) bond motifs is 2. The van der Waals surface area contributed by atoms with Crippen molar-refractivity contribution in [1.29, 1.82) is 0 Å². The van der Waals surface area contributed by atoms with Gasteiger partial charge in [0.25, 0.3) is 0 Å². The Labute approximate surface area is 111 Å². The van der Waals surface area contributed by atoms with Crippen molar-refractivity contribution in [3.63, 3.8) is 0 Å². The van der Waals surface area contributed by atoms with Crippen molar-refractivity contribution in [2.45, 2.75) is 12.8 Å². The van der Waals surface area contributed by atoms with Gasteiger partial charge in [-0.3, -0.25) is 9.79 Å². The van der Waals surface area contributed by atoms with Gasteiger partial charge in [-0.25, -0.2) is 0 Å². The van der Waals surface area contributed by atoms with Crippen molar-refractivity contribution in [3.8, 4) is 0 Å². The van der Waals surface area contributed by atoms with Crippen molar-refractivity contribution < 1.29 is 9.90 Å². The van der Waals surface area contributed by atoms with Gasteiger partial charge in [0.15, 0.2) is 0 Å². The molecule has 3 nitrogen and oxygen atoms in total. The summed E-state index contributed by atoms with van der Waals surface area (Å²) < 4.78 is 0. The van der Waals surface area contributed by atoms with Crippen molar-refractivity contribution >= 4 is 18.3 Å². The molecule has 0 saturated heterocycles. The Bertz CT molecular complexity index is 663. The first-order valence-corrected chi connectivity index (χ1v) is 6.18. The molecule has 1 aliphatic heterocycles. The first kappa shape index (κ1) is 11.7. The second-order valence-corrected chi connectivity index (χ2v) is 4.68. The van der Waals surface area contributed by atoms with E-state index >= 15 is 0 Å². The summed E-state index contributed by atoms with van der Waals surface area (Å²) in [7, 11) is 0. The Morgan fingerprint density at radius 1 is 1.21 bits per heavy atom. The maximum absolute atomic E-state index is 10.8.